The highest BCUT2D eigenvalue weighted by Crippen LogP contribution is 2.11. The summed E-state index contributed by atoms with van der Waals surface area (Å²) in [6.45, 7) is 7.97. The number of hydrogen-bond donors (Lipinski definition) is 1. The number of pyridine rings is 1. The van der Waals surface area contributed by atoms with Crippen LogP contribution in [0.1, 0.15) is 24.0 Å². The zero-order chi connectivity index (χ0) is 12.3. The molecule has 0 aliphatic carbocycles. The third-order valence-electron chi connectivity index (χ3n) is 2.82. The van der Waals surface area contributed by atoms with E-state index in [1.807, 2.05) is 30.7 Å². The molecule has 0 saturated carbocycles. The first-order chi connectivity index (χ1) is 8.22. The maximum absolute atomic E-state index is 4.61. The van der Waals surface area contributed by atoms with E-state index in [9.17, 15) is 0 Å². The van der Waals surface area contributed by atoms with Crippen molar-refractivity contribution in [2.45, 2.75) is 27.3 Å². The molecule has 0 unspecified atom stereocenters. The van der Waals surface area contributed by atoms with Crippen molar-refractivity contribution in [1.29, 1.82) is 0 Å². The molecule has 1 N–H and O–H groups in total. The molecule has 4 heteroatoms. The van der Waals surface area contributed by atoms with Crippen LogP contribution in [0, 0.1) is 13.8 Å². The summed E-state index contributed by atoms with van der Waals surface area (Å²) in [6.07, 6.45) is 3.72. The van der Waals surface area contributed by atoms with E-state index in [1.54, 1.807) is 6.20 Å². The zero-order valence-electron chi connectivity index (χ0n) is 10.6. The van der Waals surface area contributed by atoms with Crippen molar-refractivity contribution < 1.29 is 0 Å². The van der Waals surface area contributed by atoms with Crippen LogP contribution in [0.3, 0.4) is 0 Å². The predicted molar refractivity (Wildman–Crippen MR) is 68.2 cm³/mol. The molecule has 0 aliphatic rings. The summed E-state index contributed by atoms with van der Waals surface area (Å²) in [6, 6.07) is 4.16. The SMILES string of the molecule is CCNCc1ccc(-n2ccnc2C)nc1C. The van der Waals surface area contributed by atoms with Crippen LogP contribution in [-0.2, 0) is 6.54 Å². The Morgan fingerprint density at radius 1 is 1.29 bits per heavy atom. The van der Waals surface area contributed by atoms with Gasteiger partial charge in [-0.2, -0.15) is 0 Å². The van der Waals surface area contributed by atoms with E-state index >= 15 is 0 Å². The van der Waals surface area contributed by atoms with Gasteiger partial charge < -0.3 is 5.32 Å². The Hall–Kier alpha value is -1.68. The van der Waals surface area contributed by atoms with Crippen molar-refractivity contribution in [3.05, 3.63) is 41.6 Å². The van der Waals surface area contributed by atoms with Crippen molar-refractivity contribution in [3.8, 4) is 5.82 Å². The molecule has 2 aromatic heterocycles. The number of rotatable bonds is 4. The van der Waals surface area contributed by atoms with Crippen molar-refractivity contribution >= 4 is 0 Å². The molecule has 0 radical (unpaired) electrons. The summed E-state index contributed by atoms with van der Waals surface area (Å²) in [5.74, 6) is 1.88. The molecule has 0 fully saturated rings. The monoisotopic (exact) mass is 230 g/mol. The average molecular weight is 230 g/mol. The van der Waals surface area contributed by atoms with Crippen LogP contribution in [-0.4, -0.2) is 21.1 Å². The summed E-state index contributed by atoms with van der Waals surface area (Å²) in [4.78, 5) is 8.82. The Kier molecular flexibility index (Phi) is 3.54. The maximum Gasteiger partial charge on any atom is 0.138 e. The lowest BCUT2D eigenvalue weighted by atomic mass is 10.2. The fourth-order valence-electron chi connectivity index (χ4n) is 1.78. The molecule has 0 spiro atoms. The second kappa shape index (κ2) is 5.10. The highest BCUT2D eigenvalue weighted by molar-refractivity contribution is 5.31. The number of nitrogens with one attached hydrogen (secondary N) is 1. The fraction of sp³-hybridized carbons (Fsp3) is 0.385. The van der Waals surface area contributed by atoms with E-state index in [-0.39, 0.29) is 0 Å². The van der Waals surface area contributed by atoms with E-state index in [4.69, 9.17) is 0 Å². The van der Waals surface area contributed by atoms with Gasteiger partial charge in [-0.15, -0.1) is 0 Å². The van der Waals surface area contributed by atoms with E-state index in [2.05, 4.69) is 28.3 Å². The quantitative estimate of drug-likeness (QED) is 0.873. The van der Waals surface area contributed by atoms with Crippen LogP contribution in [0.25, 0.3) is 5.82 Å². The lowest BCUT2D eigenvalue weighted by Crippen LogP contribution is -2.13. The van der Waals surface area contributed by atoms with E-state index in [0.717, 1.165) is 30.4 Å². The minimum atomic E-state index is 0.874. The molecule has 2 heterocycles. The first kappa shape index (κ1) is 11.8. The molecule has 2 aromatic rings. The lowest BCUT2D eigenvalue weighted by Gasteiger charge is -2.09. The first-order valence-corrected chi connectivity index (χ1v) is 5.90. The van der Waals surface area contributed by atoms with E-state index in [1.165, 1.54) is 5.56 Å². The van der Waals surface area contributed by atoms with Crippen LogP contribution in [0.2, 0.25) is 0 Å². The third kappa shape index (κ3) is 2.53. The van der Waals surface area contributed by atoms with Crippen LogP contribution >= 0.6 is 0 Å². The summed E-state index contributed by atoms with van der Waals surface area (Å²) in [5.41, 5.74) is 2.31. The first-order valence-electron chi connectivity index (χ1n) is 5.90. The fourth-order valence-corrected chi connectivity index (χ4v) is 1.78. The van der Waals surface area contributed by atoms with Gasteiger partial charge in [-0.05, 0) is 32.0 Å². The molecule has 4 nitrogen and oxygen atoms in total. The van der Waals surface area contributed by atoms with Gasteiger partial charge in [0.05, 0.1) is 0 Å². The average Bonchev–Trinajstić information content (AvgIpc) is 2.74. The van der Waals surface area contributed by atoms with Gasteiger partial charge in [0.15, 0.2) is 0 Å². The number of imidazole rings is 1. The molecule has 0 aliphatic heterocycles. The Labute approximate surface area is 102 Å². The number of nitrogens with zero attached hydrogens (tertiary/aromatic N) is 3. The predicted octanol–water partition coefficient (Wildman–Crippen LogP) is 1.99. The second-order valence-corrected chi connectivity index (χ2v) is 4.04. The van der Waals surface area contributed by atoms with Crippen molar-refractivity contribution in [2.75, 3.05) is 6.54 Å². The van der Waals surface area contributed by atoms with Gasteiger partial charge >= 0.3 is 0 Å². The number of aryl methyl sites for hydroxylation is 2. The standard InChI is InChI=1S/C13H18N4/c1-4-14-9-12-5-6-13(16-10(12)2)17-8-7-15-11(17)3/h5-8,14H,4,9H2,1-3H3. The second-order valence-electron chi connectivity index (χ2n) is 4.04. The zero-order valence-corrected chi connectivity index (χ0v) is 10.6. The van der Waals surface area contributed by atoms with Crippen molar-refractivity contribution in [3.63, 3.8) is 0 Å². The molecule has 0 atom stereocenters. The van der Waals surface area contributed by atoms with Crippen LogP contribution in [0.4, 0.5) is 0 Å². The molecular weight excluding hydrogens is 212 g/mol. The largest absolute Gasteiger partial charge is 0.313 e. The molecular formula is C13H18N4. The maximum atomic E-state index is 4.61. The van der Waals surface area contributed by atoms with Gasteiger partial charge in [0.1, 0.15) is 11.6 Å². The topological polar surface area (TPSA) is 42.7 Å². The summed E-state index contributed by atoms with van der Waals surface area (Å²) in [5, 5.41) is 3.31. The third-order valence-corrected chi connectivity index (χ3v) is 2.82. The molecule has 90 valence electrons. The smallest absolute Gasteiger partial charge is 0.138 e. The van der Waals surface area contributed by atoms with Gasteiger partial charge in [0.25, 0.3) is 0 Å². The summed E-state index contributed by atoms with van der Waals surface area (Å²) >= 11 is 0. The molecule has 0 amide bonds. The van der Waals surface area contributed by atoms with Crippen LogP contribution in [0.5, 0.6) is 0 Å². The van der Waals surface area contributed by atoms with Gasteiger partial charge in [-0.25, -0.2) is 9.97 Å². The van der Waals surface area contributed by atoms with Crippen molar-refractivity contribution in [2.24, 2.45) is 0 Å². The molecule has 2 rings (SSSR count). The Morgan fingerprint density at radius 2 is 2.12 bits per heavy atom. The Morgan fingerprint density at radius 3 is 2.71 bits per heavy atom. The lowest BCUT2D eigenvalue weighted by molar-refractivity contribution is 0.718. The van der Waals surface area contributed by atoms with Gasteiger partial charge in [-0.1, -0.05) is 13.0 Å². The number of aromatic nitrogens is 3. The van der Waals surface area contributed by atoms with E-state index < -0.39 is 0 Å². The normalized spacial score (nSPS) is 10.8. The highest BCUT2D eigenvalue weighted by atomic mass is 15.1. The molecule has 0 aromatic carbocycles. The van der Waals surface area contributed by atoms with Gasteiger partial charge in [0.2, 0.25) is 0 Å². The molecule has 17 heavy (non-hydrogen) atoms. The van der Waals surface area contributed by atoms with Gasteiger partial charge in [0, 0.05) is 24.6 Å². The molecule has 0 saturated heterocycles. The Bertz CT molecular complexity index is 502. The summed E-state index contributed by atoms with van der Waals surface area (Å²) in [7, 11) is 0. The highest BCUT2D eigenvalue weighted by Gasteiger charge is 2.04. The minimum Gasteiger partial charge on any atom is -0.313 e. The van der Waals surface area contributed by atoms with Crippen LogP contribution in [0.15, 0.2) is 24.5 Å². The molecule has 0 bridgehead atoms. The summed E-state index contributed by atoms with van der Waals surface area (Å²) < 4.78 is 1.99. The van der Waals surface area contributed by atoms with Gasteiger partial charge in [-0.3, -0.25) is 4.57 Å². The van der Waals surface area contributed by atoms with E-state index in [0.29, 0.717) is 0 Å². The van der Waals surface area contributed by atoms with Crippen molar-refractivity contribution in [1.82, 2.24) is 19.9 Å². The minimum absolute atomic E-state index is 0.874. The Balaban J connectivity index is 2.28. The van der Waals surface area contributed by atoms with Crippen LogP contribution < -0.4 is 5.32 Å². The number of hydrogen-bond acceptors (Lipinski definition) is 3.